The van der Waals surface area contributed by atoms with Crippen LogP contribution in [-0.4, -0.2) is 56.6 Å². The molecule has 1 aliphatic rings. The largest absolute Gasteiger partial charge is 0.352 e. The van der Waals surface area contributed by atoms with Gasteiger partial charge in [-0.1, -0.05) is 6.92 Å². The first-order chi connectivity index (χ1) is 9.21. The summed E-state index contributed by atoms with van der Waals surface area (Å²) in [6.07, 6.45) is 2.55. The lowest BCUT2D eigenvalue weighted by molar-refractivity contribution is -0.134. The summed E-state index contributed by atoms with van der Waals surface area (Å²) in [6, 6.07) is 0.526. The average Bonchev–Trinajstić information content (AvgIpc) is 2.45. The van der Waals surface area contributed by atoms with Crippen molar-refractivity contribution in [1.82, 2.24) is 10.2 Å². The predicted molar refractivity (Wildman–Crippen MR) is 79.3 cm³/mol. The SMILES string of the molecule is CCOC(CNC(C)C1CCCN(CC)C1)OCC. The fourth-order valence-electron chi connectivity index (χ4n) is 2.77. The second kappa shape index (κ2) is 9.70. The van der Waals surface area contributed by atoms with Gasteiger partial charge < -0.3 is 19.7 Å². The number of ether oxygens (including phenoxy) is 2. The van der Waals surface area contributed by atoms with Crippen LogP contribution in [0, 0.1) is 5.92 Å². The molecule has 1 fully saturated rings. The van der Waals surface area contributed by atoms with Crippen molar-refractivity contribution in [3.05, 3.63) is 0 Å². The van der Waals surface area contributed by atoms with E-state index >= 15 is 0 Å². The van der Waals surface area contributed by atoms with Crippen LogP contribution >= 0.6 is 0 Å². The molecule has 1 heterocycles. The summed E-state index contributed by atoms with van der Waals surface area (Å²) in [5.74, 6) is 0.748. The number of rotatable bonds is 9. The lowest BCUT2D eigenvalue weighted by Crippen LogP contribution is -2.46. The van der Waals surface area contributed by atoms with E-state index < -0.39 is 0 Å². The molecule has 0 amide bonds. The molecule has 4 heteroatoms. The van der Waals surface area contributed by atoms with Crippen LogP contribution in [0.15, 0.2) is 0 Å². The van der Waals surface area contributed by atoms with E-state index in [4.69, 9.17) is 9.47 Å². The van der Waals surface area contributed by atoms with Crippen molar-refractivity contribution < 1.29 is 9.47 Å². The molecule has 0 aromatic carbocycles. The molecule has 2 atom stereocenters. The van der Waals surface area contributed by atoms with Gasteiger partial charge >= 0.3 is 0 Å². The van der Waals surface area contributed by atoms with Crippen LogP contribution in [0.1, 0.15) is 40.5 Å². The topological polar surface area (TPSA) is 33.7 Å². The van der Waals surface area contributed by atoms with Crippen LogP contribution in [-0.2, 0) is 9.47 Å². The van der Waals surface area contributed by atoms with Gasteiger partial charge in [0.2, 0.25) is 0 Å². The molecule has 0 spiro atoms. The van der Waals surface area contributed by atoms with Crippen molar-refractivity contribution in [2.45, 2.75) is 52.9 Å². The molecular weight excluding hydrogens is 240 g/mol. The quantitative estimate of drug-likeness (QED) is 0.652. The van der Waals surface area contributed by atoms with E-state index in [0.717, 1.165) is 12.5 Å². The molecule has 0 radical (unpaired) electrons. The fourth-order valence-corrected chi connectivity index (χ4v) is 2.77. The van der Waals surface area contributed by atoms with Crippen LogP contribution in [0.2, 0.25) is 0 Å². The van der Waals surface area contributed by atoms with Gasteiger partial charge in [0, 0.05) is 32.3 Å². The first-order valence-electron chi connectivity index (χ1n) is 7.90. The second-order valence-corrected chi connectivity index (χ2v) is 5.33. The highest BCUT2D eigenvalue weighted by Crippen LogP contribution is 2.19. The second-order valence-electron chi connectivity index (χ2n) is 5.33. The van der Waals surface area contributed by atoms with Crippen molar-refractivity contribution in [3.8, 4) is 0 Å². The Morgan fingerprint density at radius 3 is 2.47 bits per heavy atom. The zero-order chi connectivity index (χ0) is 14.1. The Kier molecular flexibility index (Phi) is 8.62. The first kappa shape index (κ1) is 16.9. The third-order valence-corrected chi connectivity index (χ3v) is 4.01. The molecule has 1 N–H and O–H groups in total. The van der Waals surface area contributed by atoms with Gasteiger partial charge in [-0.05, 0) is 52.6 Å². The smallest absolute Gasteiger partial charge is 0.169 e. The van der Waals surface area contributed by atoms with Gasteiger partial charge in [-0.2, -0.15) is 0 Å². The molecule has 0 aliphatic carbocycles. The van der Waals surface area contributed by atoms with Gasteiger partial charge in [-0.25, -0.2) is 0 Å². The van der Waals surface area contributed by atoms with Gasteiger partial charge in [0.25, 0.3) is 0 Å². The first-order valence-corrected chi connectivity index (χ1v) is 7.90. The van der Waals surface area contributed by atoms with E-state index in [-0.39, 0.29) is 6.29 Å². The van der Waals surface area contributed by atoms with E-state index in [1.807, 2.05) is 13.8 Å². The van der Waals surface area contributed by atoms with Crippen LogP contribution in [0.5, 0.6) is 0 Å². The zero-order valence-corrected chi connectivity index (χ0v) is 13.2. The molecule has 2 unspecified atom stereocenters. The molecule has 19 heavy (non-hydrogen) atoms. The third-order valence-electron chi connectivity index (χ3n) is 4.01. The molecule has 4 nitrogen and oxygen atoms in total. The molecule has 0 aromatic heterocycles. The van der Waals surface area contributed by atoms with E-state index in [2.05, 4.69) is 24.1 Å². The van der Waals surface area contributed by atoms with Crippen LogP contribution in [0.25, 0.3) is 0 Å². The molecule has 0 saturated carbocycles. The maximum absolute atomic E-state index is 5.57. The Labute approximate surface area is 118 Å². The van der Waals surface area contributed by atoms with E-state index in [9.17, 15) is 0 Å². The van der Waals surface area contributed by atoms with E-state index in [0.29, 0.717) is 19.3 Å². The maximum atomic E-state index is 5.57. The highest BCUT2D eigenvalue weighted by atomic mass is 16.7. The Balaban J connectivity index is 2.30. The predicted octanol–water partition coefficient (Wildman–Crippen LogP) is 2.10. The number of nitrogens with zero attached hydrogens (tertiary/aromatic N) is 1. The molecule has 1 rings (SSSR count). The number of likely N-dealkylation sites (tertiary alicyclic amines) is 1. The summed E-state index contributed by atoms with van der Waals surface area (Å²) < 4.78 is 11.1. The van der Waals surface area contributed by atoms with Crippen LogP contribution < -0.4 is 5.32 Å². The monoisotopic (exact) mass is 272 g/mol. The summed E-state index contributed by atoms with van der Waals surface area (Å²) >= 11 is 0. The van der Waals surface area contributed by atoms with Crippen molar-refractivity contribution >= 4 is 0 Å². The summed E-state index contributed by atoms with van der Waals surface area (Å²) in [5, 5.41) is 3.59. The third kappa shape index (κ3) is 6.21. The van der Waals surface area contributed by atoms with Crippen molar-refractivity contribution in [2.75, 3.05) is 39.4 Å². The normalized spacial score (nSPS) is 22.9. The van der Waals surface area contributed by atoms with Crippen molar-refractivity contribution in [2.24, 2.45) is 5.92 Å². The Morgan fingerprint density at radius 2 is 1.89 bits per heavy atom. The van der Waals surface area contributed by atoms with Gasteiger partial charge in [0.15, 0.2) is 6.29 Å². The van der Waals surface area contributed by atoms with E-state index in [1.165, 1.54) is 32.5 Å². The minimum absolute atomic E-state index is 0.108. The van der Waals surface area contributed by atoms with Gasteiger partial charge in [-0.15, -0.1) is 0 Å². The van der Waals surface area contributed by atoms with Crippen molar-refractivity contribution in [3.63, 3.8) is 0 Å². The molecular formula is C15H32N2O2. The Bertz CT molecular complexity index is 220. The number of hydrogen-bond donors (Lipinski definition) is 1. The molecule has 0 aromatic rings. The number of hydrogen-bond acceptors (Lipinski definition) is 4. The minimum atomic E-state index is -0.108. The highest BCUT2D eigenvalue weighted by molar-refractivity contribution is 4.80. The fraction of sp³-hybridized carbons (Fsp3) is 1.00. The summed E-state index contributed by atoms with van der Waals surface area (Å²) in [5.41, 5.74) is 0. The van der Waals surface area contributed by atoms with Gasteiger partial charge in [0.1, 0.15) is 0 Å². The minimum Gasteiger partial charge on any atom is -0.352 e. The van der Waals surface area contributed by atoms with Crippen LogP contribution in [0.3, 0.4) is 0 Å². The maximum Gasteiger partial charge on any atom is 0.169 e. The lowest BCUT2D eigenvalue weighted by Gasteiger charge is -2.36. The van der Waals surface area contributed by atoms with Crippen LogP contribution in [0.4, 0.5) is 0 Å². The lowest BCUT2D eigenvalue weighted by atomic mass is 9.91. The van der Waals surface area contributed by atoms with Gasteiger partial charge in [-0.3, -0.25) is 0 Å². The van der Waals surface area contributed by atoms with E-state index in [1.54, 1.807) is 0 Å². The van der Waals surface area contributed by atoms with Gasteiger partial charge in [0.05, 0.1) is 0 Å². The Morgan fingerprint density at radius 1 is 1.21 bits per heavy atom. The molecule has 0 bridgehead atoms. The number of nitrogens with one attached hydrogen (secondary N) is 1. The molecule has 114 valence electrons. The standard InChI is InChI=1S/C15H32N2O2/c1-5-17-10-8-9-14(12-17)13(4)16-11-15(18-6-2)19-7-3/h13-16H,5-12H2,1-4H3. The summed E-state index contributed by atoms with van der Waals surface area (Å²) in [4.78, 5) is 2.55. The average molecular weight is 272 g/mol. The highest BCUT2D eigenvalue weighted by Gasteiger charge is 2.24. The summed E-state index contributed by atoms with van der Waals surface area (Å²) in [7, 11) is 0. The van der Waals surface area contributed by atoms with Crippen molar-refractivity contribution in [1.29, 1.82) is 0 Å². The molecule has 1 aliphatic heterocycles. The Hall–Kier alpha value is -0.160. The number of piperidine rings is 1. The summed E-state index contributed by atoms with van der Waals surface area (Å²) in [6.45, 7) is 14.4. The zero-order valence-electron chi connectivity index (χ0n) is 13.2. The molecule has 1 saturated heterocycles.